The summed E-state index contributed by atoms with van der Waals surface area (Å²) in [5.41, 5.74) is 0. The summed E-state index contributed by atoms with van der Waals surface area (Å²) >= 11 is 0. The molecule has 14 heavy (non-hydrogen) atoms. The van der Waals surface area contributed by atoms with Crippen LogP contribution in [0.3, 0.4) is 0 Å². The average molecular weight is 205 g/mol. The summed E-state index contributed by atoms with van der Waals surface area (Å²) in [6, 6.07) is -0.848. The number of hydrogen-bond donors (Lipinski definition) is 2. The summed E-state index contributed by atoms with van der Waals surface area (Å²) < 4.78 is 0. The molecule has 0 aliphatic carbocycles. The number of nitro groups is 1. The molecule has 84 valence electrons. The second-order valence-electron chi connectivity index (χ2n) is 3.40. The first-order valence-electron chi connectivity index (χ1n) is 5.05. The van der Waals surface area contributed by atoms with Crippen molar-refractivity contribution in [3.8, 4) is 0 Å². The standard InChI is InChI=1S/C9H19NO4/c1-2-9(12)8(10(13)14)6-4-3-5-7-11/h8-9,11-12H,2-7H2,1H3. The van der Waals surface area contributed by atoms with E-state index in [1.54, 1.807) is 6.92 Å². The maximum atomic E-state index is 10.6. The van der Waals surface area contributed by atoms with Crippen molar-refractivity contribution < 1.29 is 15.1 Å². The van der Waals surface area contributed by atoms with Gasteiger partial charge in [0.2, 0.25) is 6.04 Å². The van der Waals surface area contributed by atoms with Crippen LogP contribution in [0.2, 0.25) is 0 Å². The zero-order valence-electron chi connectivity index (χ0n) is 8.56. The van der Waals surface area contributed by atoms with E-state index >= 15 is 0 Å². The van der Waals surface area contributed by atoms with Crippen LogP contribution in [-0.2, 0) is 0 Å². The number of rotatable bonds is 8. The predicted octanol–water partition coefficient (Wildman–Crippen LogP) is 0.955. The molecule has 0 saturated carbocycles. The Morgan fingerprint density at radius 3 is 2.43 bits per heavy atom. The van der Waals surface area contributed by atoms with Gasteiger partial charge >= 0.3 is 0 Å². The summed E-state index contributed by atoms with van der Waals surface area (Å²) in [4.78, 5) is 10.2. The highest BCUT2D eigenvalue weighted by Gasteiger charge is 2.27. The van der Waals surface area contributed by atoms with Crippen molar-refractivity contribution in [1.29, 1.82) is 0 Å². The molecule has 0 saturated heterocycles. The molecule has 0 rings (SSSR count). The zero-order valence-corrected chi connectivity index (χ0v) is 8.56. The van der Waals surface area contributed by atoms with E-state index in [1.165, 1.54) is 0 Å². The minimum atomic E-state index is -0.848. The topological polar surface area (TPSA) is 83.6 Å². The number of nitrogens with zero attached hydrogens (tertiary/aromatic N) is 1. The van der Waals surface area contributed by atoms with Crippen molar-refractivity contribution in [3.63, 3.8) is 0 Å². The second kappa shape index (κ2) is 7.70. The Hall–Kier alpha value is -0.680. The first kappa shape index (κ1) is 13.3. The van der Waals surface area contributed by atoms with Gasteiger partial charge in [0.1, 0.15) is 6.10 Å². The van der Waals surface area contributed by atoms with Gasteiger partial charge in [0.05, 0.1) is 0 Å². The molecule has 0 radical (unpaired) electrons. The van der Waals surface area contributed by atoms with E-state index < -0.39 is 17.1 Å². The fraction of sp³-hybridized carbons (Fsp3) is 1.00. The van der Waals surface area contributed by atoms with Crippen LogP contribution in [0, 0.1) is 10.1 Å². The number of unbranched alkanes of at least 4 members (excludes halogenated alkanes) is 2. The molecule has 2 unspecified atom stereocenters. The van der Waals surface area contributed by atoms with Gasteiger partial charge in [-0.1, -0.05) is 13.3 Å². The first-order chi connectivity index (χ1) is 6.63. The van der Waals surface area contributed by atoms with E-state index in [0.29, 0.717) is 25.7 Å². The molecular weight excluding hydrogens is 186 g/mol. The van der Waals surface area contributed by atoms with Crippen molar-refractivity contribution >= 4 is 0 Å². The lowest BCUT2D eigenvalue weighted by atomic mass is 10.0. The Labute approximate surface area is 83.9 Å². The third-order valence-corrected chi connectivity index (χ3v) is 2.29. The quantitative estimate of drug-likeness (QED) is 0.351. The van der Waals surface area contributed by atoms with Crippen molar-refractivity contribution in [3.05, 3.63) is 10.1 Å². The Morgan fingerprint density at radius 1 is 1.36 bits per heavy atom. The molecule has 0 fully saturated rings. The average Bonchev–Trinajstić information content (AvgIpc) is 2.16. The summed E-state index contributed by atoms with van der Waals surface area (Å²) in [5, 5.41) is 28.4. The first-order valence-corrected chi connectivity index (χ1v) is 5.05. The monoisotopic (exact) mass is 205 g/mol. The predicted molar refractivity (Wildman–Crippen MR) is 52.6 cm³/mol. The van der Waals surface area contributed by atoms with Gasteiger partial charge in [0, 0.05) is 18.0 Å². The lowest BCUT2D eigenvalue weighted by molar-refractivity contribution is -0.535. The van der Waals surface area contributed by atoms with E-state index in [4.69, 9.17) is 5.11 Å². The molecule has 0 heterocycles. The molecule has 5 heteroatoms. The molecule has 2 N–H and O–H groups in total. The molecule has 5 nitrogen and oxygen atoms in total. The SMILES string of the molecule is CCC(O)C(CCCCCO)[N+](=O)[O-]. The molecule has 0 bridgehead atoms. The van der Waals surface area contributed by atoms with Crippen molar-refractivity contribution in [2.75, 3.05) is 6.61 Å². The highest BCUT2D eigenvalue weighted by Crippen LogP contribution is 2.11. The number of aliphatic hydroxyl groups excluding tert-OH is 2. The maximum absolute atomic E-state index is 10.6. The Bertz CT molecular complexity index is 163. The molecule has 0 aromatic rings. The Balaban J connectivity index is 3.80. The lowest BCUT2D eigenvalue weighted by Gasteiger charge is -2.13. The largest absolute Gasteiger partial charge is 0.396 e. The van der Waals surface area contributed by atoms with Crippen LogP contribution in [0.1, 0.15) is 39.0 Å². The number of aliphatic hydroxyl groups is 2. The summed E-state index contributed by atoms with van der Waals surface area (Å²) in [6.07, 6.45) is 2.08. The molecular formula is C9H19NO4. The van der Waals surface area contributed by atoms with E-state index in [1.807, 2.05) is 0 Å². The van der Waals surface area contributed by atoms with Crippen LogP contribution in [-0.4, -0.2) is 33.9 Å². The smallest absolute Gasteiger partial charge is 0.238 e. The van der Waals surface area contributed by atoms with Gasteiger partial charge in [-0.25, -0.2) is 0 Å². The van der Waals surface area contributed by atoms with Crippen LogP contribution < -0.4 is 0 Å². The molecule has 0 aliphatic rings. The van der Waals surface area contributed by atoms with Gasteiger partial charge in [0.25, 0.3) is 0 Å². The van der Waals surface area contributed by atoms with E-state index in [-0.39, 0.29) is 6.61 Å². The molecule has 0 amide bonds. The molecule has 0 aromatic heterocycles. The lowest BCUT2D eigenvalue weighted by Crippen LogP contribution is -2.33. The van der Waals surface area contributed by atoms with E-state index in [2.05, 4.69) is 0 Å². The fourth-order valence-electron chi connectivity index (χ4n) is 1.35. The molecule has 0 aromatic carbocycles. The Kier molecular flexibility index (Phi) is 7.32. The number of hydrogen-bond acceptors (Lipinski definition) is 4. The molecule has 0 aliphatic heterocycles. The van der Waals surface area contributed by atoms with Crippen molar-refractivity contribution in [2.24, 2.45) is 0 Å². The van der Waals surface area contributed by atoms with Crippen LogP contribution in [0.4, 0.5) is 0 Å². The van der Waals surface area contributed by atoms with Crippen molar-refractivity contribution in [1.82, 2.24) is 0 Å². The van der Waals surface area contributed by atoms with E-state index in [0.717, 1.165) is 6.42 Å². The van der Waals surface area contributed by atoms with Gasteiger partial charge < -0.3 is 10.2 Å². The van der Waals surface area contributed by atoms with Crippen LogP contribution in [0.15, 0.2) is 0 Å². The van der Waals surface area contributed by atoms with Gasteiger partial charge in [-0.3, -0.25) is 10.1 Å². The molecule has 2 atom stereocenters. The van der Waals surface area contributed by atoms with Gasteiger partial charge in [0.15, 0.2) is 0 Å². The van der Waals surface area contributed by atoms with Crippen molar-refractivity contribution in [2.45, 2.75) is 51.2 Å². The summed E-state index contributed by atoms with van der Waals surface area (Å²) in [7, 11) is 0. The minimum absolute atomic E-state index is 0.124. The van der Waals surface area contributed by atoms with Crippen LogP contribution in [0.5, 0.6) is 0 Å². The normalized spacial score (nSPS) is 15.1. The minimum Gasteiger partial charge on any atom is -0.396 e. The Morgan fingerprint density at radius 2 is 2.00 bits per heavy atom. The third-order valence-electron chi connectivity index (χ3n) is 2.29. The van der Waals surface area contributed by atoms with Gasteiger partial charge in [-0.05, 0) is 19.3 Å². The summed E-state index contributed by atoms with van der Waals surface area (Å²) in [6.45, 7) is 1.86. The highest BCUT2D eigenvalue weighted by atomic mass is 16.6. The summed E-state index contributed by atoms with van der Waals surface area (Å²) in [5.74, 6) is 0. The molecule has 0 spiro atoms. The van der Waals surface area contributed by atoms with Crippen LogP contribution >= 0.6 is 0 Å². The van der Waals surface area contributed by atoms with Gasteiger partial charge in [-0.15, -0.1) is 0 Å². The second-order valence-corrected chi connectivity index (χ2v) is 3.40. The van der Waals surface area contributed by atoms with E-state index in [9.17, 15) is 15.2 Å². The van der Waals surface area contributed by atoms with Gasteiger partial charge in [-0.2, -0.15) is 0 Å². The zero-order chi connectivity index (χ0) is 11.0. The highest BCUT2D eigenvalue weighted by molar-refractivity contribution is 4.66. The van der Waals surface area contributed by atoms with Crippen LogP contribution in [0.25, 0.3) is 0 Å². The maximum Gasteiger partial charge on any atom is 0.238 e. The third kappa shape index (κ3) is 5.14. The fourth-order valence-corrected chi connectivity index (χ4v) is 1.35.